The fourth-order valence-corrected chi connectivity index (χ4v) is 4.72. The van der Waals surface area contributed by atoms with E-state index < -0.39 is 11.6 Å². The summed E-state index contributed by atoms with van der Waals surface area (Å²) in [6.45, 7) is 11.2. The number of hydrogen-bond acceptors (Lipinski definition) is 3. The van der Waals surface area contributed by atoms with E-state index in [1.165, 1.54) is 12.1 Å². The Hall–Kier alpha value is -2.60. The highest BCUT2D eigenvalue weighted by molar-refractivity contribution is 5.84. The van der Waals surface area contributed by atoms with Crippen LogP contribution in [-0.2, 0) is 6.54 Å². The van der Waals surface area contributed by atoms with Crippen LogP contribution in [0, 0.1) is 17.6 Å². The fraction of sp³-hybridized carbons (Fsp3) is 0.462. The highest BCUT2D eigenvalue weighted by atomic mass is 19.1. The first kappa shape index (κ1) is 22.6. The van der Waals surface area contributed by atoms with Crippen molar-refractivity contribution in [2.45, 2.75) is 59.0 Å². The van der Waals surface area contributed by atoms with Gasteiger partial charge in [-0.15, -0.1) is 0 Å². The molecule has 6 heteroatoms. The number of benzene rings is 2. The van der Waals surface area contributed by atoms with E-state index in [-0.39, 0.29) is 17.0 Å². The predicted molar refractivity (Wildman–Crippen MR) is 125 cm³/mol. The van der Waals surface area contributed by atoms with Gasteiger partial charge >= 0.3 is 0 Å². The highest BCUT2D eigenvalue weighted by Gasteiger charge is 2.24. The normalized spacial score (nSPS) is 17.6. The molecule has 2 heterocycles. The molecule has 0 bridgehead atoms. The molecule has 1 saturated heterocycles. The summed E-state index contributed by atoms with van der Waals surface area (Å²) in [7, 11) is 0. The van der Waals surface area contributed by atoms with Crippen molar-refractivity contribution in [3.05, 3.63) is 64.2 Å². The van der Waals surface area contributed by atoms with Crippen LogP contribution in [0.25, 0.3) is 22.0 Å². The largest absolute Gasteiger partial charge is 0.301 e. The lowest BCUT2D eigenvalue weighted by atomic mass is 9.96. The number of nitrogens with zero attached hydrogens (tertiary/aromatic N) is 3. The minimum atomic E-state index is -0.646. The molecule has 0 radical (unpaired) electrons. The van der Waals surface area contributed by atoms with Gasteiger partial charge < -0.3 is 4.90 Å². The first-order valence-electron chi connectivity index (χ1n) is 11.5. The van der Waals surface area contributed by atoms with Gasteiger partial charge in [-0.3, -0.25) is 9.36 Å². The minimum Gasteiger partial charge on any atom is -0.301 e. The van der Waals surface area contributed by atoms with Crippen LogP contribution in [0.5, 0.6) is 0 Å². The van der Waals surface area contributed by atoms with Gasteiger partial charge in [0.25, 0.3) is 5.56 Å². The van der Waals surface area contributed by atoms with Crippen molar-refractivity contribution in [1.29, 1.82) is 0 Å². The van der Waals surface area contributed by atoms with Gasteiger partial charge in [-0.25, -0.2) is 13.8 Å². The predicted octanol–water partition coefficient (Wildman–Crippen LogP) is 5.59. The van der Waals surface area contributed by atoms with Crippen LogP contribution in [0.2, 0.25) is 0 Å². The maximum atomic E-state index is 14.4. The lowest BCUT2D eigenvalue weighted by Crippen LogP contribution is -2.42. The third-order valence-corrected chi connectivity index (χ3v) is 6.46. The van der Waals surface area contributed by atoms with Gasteiger partial charge in [0.1, 0.15) is 17.5 Å². The van der Waals surface area contributed by atoms with Crippen LogP contribution >= 0.6 is 0 Å². The Morgan fingerprint density at radius 1 is 1.09 bits per heavy atom. The molecule has 170 valence electrons. The Morgan fingerprint density at radius 3 is 2.56 bits per heavy atom. The van der Waals surface area contributed by atoms with Crippen LogP contribution in [0.1, 0.15) is 52.3 Å². The third-order valence-electron chi connectivity index (χ3n) is 6.46. The quantitative estimate of drug-likeness (QED) is 0.520. The molecule has 1 aliphatic heterocycles. The van der Waals surface area contributed by atoms with Gasteiger partial charge in [0, 0.05) is 36.7 Å². The van der Waals surface area contributed by atoms with Gasteiger partial charge in [0.2, 0.25) is 0 Å². The molecule has 0 aliphatic carbocycles. The smallest absolute Gasteiger partial charge is 0.261 e. The Morgan fingerprint density at radius 2 is 1.88 bits per heavy atom. The summed E-state index contributed by atoms with van der Waals surface area (Å²) < 4.78 is 29.5. The number of aromatic nitrogens is 2. The van der Waals surface area contributed by atoms with E-state index in [9.17, 15) is 13.6 Å². The monoisotopic (exact) mass is 439 g/mol. The average Bonchev–Trinajstić information content (AvgIpc) is 2.75. The molecular weight excluding hydrogens is 408 g/mol. The number of halogens is 2. The van der Waals surface area contributed by atoms with Gasteiger partial charge in [-0.1, -0.05) is 19.9 Å². The highest BCUT2D eigenvalue weighted by Crippen LogP contribution is 2.27. The Balaban J connectivity index is 1.78. The number of fused-ring (bicyclic) bond motifs is 1. The summed E-state index contributed by atoms with van der Waals surface area (Å²) >= 11 is 0. The van der Waals surface area contributed by atoms with Crippen molar-refractivity contribution >= 4 is 10.9 Å². The van der Waals surface area contributed by atoms with Crippen molar-refractivity contribution in [2.24, 2.45) is 5.92 Å². The molecule has 1 aliphatic rings. The molecule has 1 unspecified atom stereocenters. The van der Waals surface area contributed by atoms with Gasteiger partial charge in [-0.05, 0) is 69.0 Å². The standard InChI is InChI=1S/C26H31F2N3O/c1-16(2)25-29-24-10-7-19(21-9-8-20(27)13-23(21)28)12-22(24)26(32)31(25)15-18-6-5-11-30(14-18)17(3)4/h7-10,12-13,16-18H,5-6,11,14-15H2,1-4H3. The van der Waals surface area contributed by atoms with Crippen LogP contribution in [-0.4, -0.2) is 33.6 Å². The zero-order valence-corrected chi connectivity index (χ0v) is 19.2. The van der Waals surface area contributed by atoms with Crippen LogP contribution in [0.3, 0.4) is 0 Å². The molecule has 0 amide bonds. The summed E-state index contributed by atoms with van der Waals surface area (Å²) in [5, 5.41) is 0.465. The summed E-state index contributed by atoms with van der Waals surface area (Å²) in [4.78, 5) is 20.9. The number of piperidine rings is 1. The van der Waals surface area contributed by atoms with E-state index in [0.29, 0.717) is 35.0 Å². The molecule has 0 spiro atoms. The number of rotatable bonds is 5. The molecule has 4 nitrogen and oxygen atoms in total. The zero-order chi connectivity index (χ0) is 23.0. The summed E-state index contributed by atoms with van der Waals surface area (Å²) in [6, 6.07) is 9.16. The Labute approximate surface area is 187 Å². The van der Waals surface area contributed by atoms with E-state index in [1.54, 1.807) is 18.2 Å². The van der Waals surface area contributed by atoms with E-state index in [0.717, 1.165) is 37.8 Å². The third kappa shape index (κ3) is 4.46. The molecule has 1 atom stereocenters. The SMILES string of the molecule is CC(C)c1nc2ccc(-c3ccc(F)cc3F)cc2c(=O)n1CC1CCCN(C(C)C)C1. The van der Waals surface area contributed by atoms with Crippen molar-refractivity contribution in [3.63, 3.8) is 0 Å². The maximum Gasteiger partial charge on any atom is 0.261 e. The Kier molecular flexibility index (Phi) is 6.42. The first-order valence-corrected chi connectivity index (χ1v) is 11.5. The van der Waals surface area contributed by atoms with Gasteiger partial charge in [0.15, 0.2) is 0 Å². The van der Waals surface area contributed by atoms with Crippen molar-refractivity contribution in [2.75, 3.05) is 13.1 Å². The topological polar surface area (TPSA) is 38.1 Å². The molecule has 4 rings (SSSR count). The molecule has 32 heavy (non-hydrogen) atoms. The average molecular weight is 440 g/mol. The minimum absolute atomic E-state index is 0.0928. The second kappa shape index (κ2) is 9.10. The molecule has 0 N–H and O–H groups in total. The maximum absolute atomic E-state index is 14.4. The second-order valence-electron chi connectivity index (χ2n) is 9.49. The van der Waals surface area contributed by atoms with Crippen molar-refractivity contribution in [1.82, 2.24) is 14.5 Å². The Bertz CT molecular complexity index is 1190. The van der Waals surface area contributed by atoms with E-state index in [2.05, 4.69) is 18.7 Å². The first-order chi connectivity index (χ1) is 15.2. The van der Waals surface area contributed by atoms with Crippen molar-refractivity contribution < 1.29 is 8.78 Å². The van der Waals surface area contributed by atoms with Crippen LogP contribution < -0.4 is 5.56 Å². The van der Waals surface area contributed by atoms with Gasteiger partial charge in [0.05, 0.1) is 10.9 Å². The zero-order valence-electron chi connectivity index (χ0n) is 19.2. The van der Waals surface area contributed by atoms with Crippen LogP contribution in [0.4, 0.5) is 8.78 Å². The number of likely N-dealkylation sites (tertiary alicyclic amines) is 1. The van der Waals surface area contributed by atoms with Crippen molar-refractivity contribution in [3.8, 4) is 11.1 Å². The van der Waals surface area contributed by atoms with E-state index >= 15 is 0 Å². The molecule has 2 aromatic carbocycles. The van der Waals surface area contributed by atoms with Gasteiger partial charge in [-0.2, -0.15) is 0 Å². The van der Waals surface area contributed by atoms with Crippen LogP contribution in [0.15, 0.2) is 41.2 Å². The molecular formula is C26H31F2N3O. The van der Waals surface area contributed by atoms with E-state index in [4.69, 9.17) is 4.98 Å². The number of hydrogen-bond donors (Lipinski definition) is 0. The fourth-order valence-electron chi connectivity index (χ4n) is 4.72. The molecule has 3 aromatic rings. The molecule has 0 saturated carbocycles. The summed E-state index contributed by atoms with van der Waals surface area (Å²) in [5.74, 6) is 0.00213. The van der Waals surface area contributed by atoms with E-state index in [1.807, 2.05) is 18.4 Å². The molecule has 1 fully saturated rings. The summed E-state index contributed by atoms with van der Waals surface area (Å²) in [5.41, 5.74) is 1.33. The second-order valence-corrected chi connectivity index (χ2v) is 9.49. The summed E-state index contributed by atoms with van der Waals surface area (Å²) in [6.07, 6.45) is 2.22. The lowest BCUT2D eigenvalue weighted by molar-refractivity contribution is 0.129. The lowest BCUT2D eigenvalue weighted by Gasteiger charge is -2.36. The molecule has 1 aromatic heterocycles.